The number of amides is 1. The van der Waals surface area contributed by atoms with Gasteiger partial charge in [-0.3, -0.25) is 30.0 Å². The third-order valence-corrected chi connectivity index (χ3v) is 9.34. The number of carbonyl (C=O) groups excluding carboxylic acids is 2. The van der Waals surface area contributed by atoms with Gasteiger partial charge in [-0.25, -0.2) is 0 Å². The molecular formula is C35H21N5O4S2. The lowest BCUT2D eigenvalue weighted by Crippen LogP contribution is -2.29. The molecule has 2 aromatic heterocycles. The minimum atomic E-state index is -0.493. The Labute approximate surface area is 270 Å². The number of nitrogens with zero attached hydrogens (tertiary/aromatic N) is 4. The van der Waals surface area contributed by atoms with Crippen LogP contribution < -0.4 is 4.90 Å². The number of thiophene rings is 1. The number of hydrogen-bond donors (Lipinski definition) is 1. The highest BCUT2D eigenvalue weighted by atomic mass is 32.2. The molecule has 46 heavy (non-hydrogen) atoms. The fraction of sp³-hybridized carbons (Fsp3) is 0. The second-order valence-corrected chi connectivity index (χ2v) is 12.2. The highest BCUT2D eigenvalue weighted by molar-refractivity contribution is 8.19. The summed E-state index contributed by atoms with van der Waals surface area (Å²) < 4.78 is 0. The molecule has 7 rings (SSSR count). The number of aromatic nitrogens is 2. The van der Waals surface area contributed by atoms with E-state index in [2.05, 4.69) is 10.2 Å². The van der Waals surface area contributed by atoms with Crippen LogP contribution >= 0.6 is 23.1 Å². The number of rotatable bonds is 7. The number of nitrogens with one attached hydrogen (secondary N) is 1. The van der Waals surface area contributed by atoms with Crippen LogP contribution in [-0.2, 0) is 4.79 Å². The lowest BCUT2D eigenvalue weighted by Gasteiger charge is -2.18. The van der Waals surface area contributed by atoms with Gasteiger partial charge in [0.1, 0.15) is 15.4 Å². The van der Waals surface area contributed by atoms with Crippen LogP contribution in [0.15, 0.2) is 120 Å². The van der Waals surface area contributed by atoms with Gasteiger partial charge in [-0.15, -0.1) is 21.5 Å². The van der Waals surface area contributed by atoms with Gasteiger partial charge in [-0.05, 0) is 41.1 Å². The van der Waals surface area contributed by atoms with E-state index in [1.54, 1.807) is 42.5 Å². The van der Waals surface area contributed by atoms with Crippen molar-refractivity contribution in [2.75, 3.05) is 4.90 Å². The van der Waals surface area contributed by atoms with Gasteiger partial charge in [-0.2, -0.15) is 0 Å². The molecular weight excluding hydrogens is 619 g/mol. The van der Waals surface area contributed by atoms with Crippen molar-refractivity contribution in [3.63, 3.8) is 0 Å². The number of hydrogen-bond acceptors (Lipinski definition) is 9. The lowest BCUT2D eigenvalue weighted by molar-refractivity contribution is -0.384. The minimum Gasteiger partial charge on any atom is -0.288 e. The van der Waals surface area contributed by atoms with Crippen molar-refractivity contribution in [1.29, 1.82) is 5.41 Å². The van der Waals surface area contributed by atoms with Crippen LogP contribution in [0, 0.1) is 15.5 Å². The Morgan fingerprint density at radius 2 is 1.43 bits per heavy atom. The molecule has 1 N–H and O–H groups in total. The Morgan fingerprint density at radius 3 is 2.07 bits per heavy atom. The normalized spacial score (nSPS) is 13.9. The molecule has 0 atom stereocenters. The van der Waals surface area contributed by atoms with Crippen LogP contribution in [-0.4, -0.2) is 32.0 Å². The number of nitro benzene ring substituents is 1. The highest BCUT2D eigenvalue weighted by Gasteiger charge is 2.39. The number of benzene rings is 4. The molecule has 1 aliphatic heterocycles. The van der Waals surface area contributed by atoms with Gasteiger partial charge in [0.05, 0.1) is 15.5 Å². The maximum atomic E-state index is 14.2. The van der Waals surface area contributed by atoms with E-state index in [1.165, 1.54) is 17.0 Å². The number of amidine groups is 1. The summed E-state index contributed by atoms with van der Waals surface area (Å²) in [7, 11) is 0. The zero-order chi connectivity index (χ0) is 31.8. The van der Waals surface area contributed by atoms with Crippen molar-refractivity contribution in [3.05, 3.63) is 146 Å². The van der Waals surface area contributed by atoms with Crippen LogP contribution in [0.25, 0.3) is 38.7 Å². The Bertz CT molecular complexity index is 2200. The predicted molar refractivity (Wildman–Crippen MR) is 182 cm³/mol. The molecule has 9 nitrogen and oxygen atoms in total. The molecule has 0 saturated carbocycles. The zero-order valence-electron chi connectivity index (χ0n) is 23.8. The van der Waals surface area contributed by atoms with E-state index in [-0.39, 0.29) is 32.1 Å². The summed E-state index contributed by atoms with van der Waals surface area (Å²) in [4.78, 5) is 41.2. The van der Waals surface area contributed by atoms with Crippen LogP contribution in [0.1, 0.15) is 20.8 Å². The number of anilines is 1. The molecule has 11 heteroatoms. The van der Waals surface area contributed by atoms with E-state index in [0.29, 0.717) is 32.6 Å². The molecule has 222 valence electrons. The van der Waals surface area contributed by atoms with E-state index >= 15 is 0 Å². The van der Waals surface area contributed by atoms with E-state index in [9.17, 15) is 19.7 Å². The monoisotopic (exact) mass is 639 g/mol. The third kappa shape index (κ3) is 5.17. The summed E-state index contributed by atoms with van der Waals surface area (Å²) in [5.41, 5.74) is 4.08. The Morgan fingerprint density at radius 1 is 0.826 bits per heavy atom. The summed E-state index contributed by atoms with van der Waals surface area (Å²) in [6.45, 7) is 0. The first-order chi connectivity index (χ1) is 22.4. The van der Waals surface area contributed by atoms with Crippen LogP contribution in [0.3, 0.4) is 0 Å². The van der Waals surface area contributed by atoms with Crippen molar-refractivity contribution in [2.24, 2.45) is 0 Å². The van der Waals surface area contributed by atoms with Gasteiger partial charge in [0.15, 0.2) is 5.17 Å². The van der Waals surface area contributed by atoms with E-state index in [0.717, 1.165) is 34.2 Å². The number of thioether (sulfide) groups is 1. The first-order valence-corrected chi connectivity index (χ1v) is 15.6. The quantitative estimate of drug-likeness (QED) is 0.0806. The van der Waals surface area contributed by atoms with E-state index in [1.807, 2.05) is 66.7 Å². The van der Waals surface area contributed by atoms with Crippen LogP contribution in [0.2, 0.25) is 0 Å². The number of carbonyl (C=O) groups is 2. The molecule has 3 heterocycles. The zero-order valence-corrected chi connectivity index (χ0v) is 25.4. The molecule has 0 bridgehead atoms. The van der Waals surface area contributed by atoms with Crippen molar-refractivity contribution in [1.82, 2.24) is 10.2 Å². The first-order valence-electron chi connectivity index (χ1n) is 14.0. The Balaban J connectivity index is 1.48. The third-order valence-electron chi connectivity index (χ3n) is 7.39. The van der Waals surface area contributed by atoms with Crippen molar-refractivity contribution in [2.45, 2.75) is 0 Å². The number of nitro groups is 1. The van der Waals surface area contributed by atoms with Crippen molar-refractivity contribution < 1.29 is 14.5 Å². The van der Waals surface area contributed by atoms with E-state index in [4.69, 9.17) is 5.41 Å². The molecule has 0 radical (unpaired) electrons. The Kier molecular flexibility index (Phi) is 7.53. The topological polar surface area (TPSA) is 130 Å². The maximum absolute atomic E-state index is 14.2. The van der Waals surface area contributed by atoms with Crippen LogP contribution in [0.5, 0.6) is 0 Å². The molecule has 1 aliphatic rings. The fourth-order valence-corrected chi connectivity index (χ4v) is 7.20. The van der Waals surface area contributed by atoms with Gasteiger partial charge in [0.25, 0.3) is 11.6 Å². The molecule has 0 unspecified atom stereocenters. The summed E-state index contributed by atoms with van der Waals surface area (Å²) in [6.07, 6.45) is 1.59. The smallest absolute Gasteiger partial charge is 0.271 e. The average molecular weight is 640 g/mol. The second kappa shape index (κ2) is 12.0. The number of ketones is 1. The van der Waals surface area contributed by atoms with Gasteiger partial charge >= 0.3 is 0 Å². The standard InChI is InChI=1S/C35H21N5O4S2/c36-35-39(34(42)26(45-35)20-21-16-18-25(19-17-21)40(43)44)30-28-27(22-10-4-1-5-11-22)29(23-12-6-2-7-13-23)37-38-33(28)46-32(30)31(41)24-14-8-3-9-15-24/h1-20,36H/b26-20+,36-35?. The summed E-state index contributed by atoms with van der Waals surface area (Å²) in [5, 5.41) is 29.8. The SMILES string of the molecule is N=C1S/C(=C/c2ccc([N+](=O)[O-])cc2)C(=O)N1c1c(C(=O)c2ccccc2)sc2nnc(-c3ccccc3)c(-c3ccccc3)c12. The molecule has 0 aliphatic carbocycles. The molecule has 0 spiro atoms. The molecule has 6 aromatic rings. The Hall–Kier alpha value is -5.78. The van der Waals surface area contributed by atoms with Gasteiger partial charge < -0.3 is 0 Å². The largest absolute Gasteiger partial charge is 0.288 e. The molecule has 1 fully saturated rings. The van der Waals surface area contributed by atoms with Gasteiger partial charge in [-0.1, -0.05) is 91.0 Å². The summed E-state index contributed by atoms with van der Waals surface area (Å²) >= 11 is 2.09. The predicted octanol–water partition coefficient (Wildman–Crippen LogP) is 8.22. The molecule has 1 amide bonds. The summed E-state index contributed by atoms with van der Waals surface area (Å²) in [5.74, 6) is -0.801. The fourth-order valence-electron chi connectivity index (χ4n) is 5.28. The first kappa shape index (κ1) is 29.0. The second-order valence-electron chi connectivity index (χ2n) is 10.2. The highest BCUT2D eigenvalue weighted by Crippen LogP contribution is 2.49. The van der Waals surface area contributed by atoms with Crippen molar-refractivity contribution >= 4 is 67.6 Å². The molecule has 4 aromatic carbocycles. The molecule has 1 saturated heterocycles. The number of fused-ring (bicyclic) bond motifs is 1. The van der Waals surface area contributed by atoms with E-state index < -0.39 is 10.8 Å². The van der Waals surface area contributed by atoms with Gasteiger partial charge in [0, 0.05) is 34.2 Å². The lowest BCUT2D eigenvalue weighted by atomic mass is 9.95. The van der Waals surface area contributed by atoms with Gasteiger partial charge in [0.2, 0.25) is 5.78 Å². The summed E-state index contributed by atoms with van der Waals surface area (Å²) in [6, 6.07) is 33.7. The van der Waals surface area contributed by atoms with Crippen LogP contribution in [0.4, 0.5) is 11.4 Å². The average Bonchev–Trinajstić information content (AvgIpc) is 3.60. The maximum Gasteiger partial charge on any atom is 0.271 e. The number of non-ortho nitro benzene ring substituents is 1. The minimum absolute atomic E-state index is 0.0699. The van der Waals surface area contributed by atoms with Crippen molar-refractivity contribution in [3.8, 4) is 22.4 Å².